The Labute approximate surface area is 253 Å². The molecule has 0 unspecified atom stereocenters. The number of pyridine rings is 1. The standard InChI is InChI=1S/C32H35F2N5O5/c1-17-11-18(13-19(33)12-17)22-16-35-27(30(40)43-6)25(29-37-23-14-20(34)15-24(42-5)26(23)38-29)28(22)39-9-7-21(8-10-39)36-31(41)44-32(2,3)4/h11-16,21H,7-10H2,1-6H3,(H,36,41)(H,37,38). The Morgan fingerprint density at radius 1 is 1.05 bits per heavy atom. The molecule has 4 aromatic rings. The fraction of sp³-hybridized carbons (Fsp3) is 0.375. The van der Waals surface area contributed by atoms with Crippen molar-refractivity contribution in [2.75, 3.05) is 32.2 Å². The van der Waals surface area contributed by atoms with Crippen molar-refractivity contribution >= 4 is 28.8 Å². The number of aromatic amines is 1. The van der Waals surface area contributed by atoms with E-state index in [2.05, 4.69) is 20.2 Å². The lowest BCUT2D eigenvalue weighted by molar-refractivity contribution is 0.0496. The molecule has 2 aromatic carbocycles. The molecule has 0 radical (unpaired) electrons. The molecule has 12 heteroatoms. The molecule has 0 spiro atoms. The number of aromatic nitrogens is 3. The summed E-state index contributed by atoms with van der Waals surface area (Å²) >= 11 is 0. The first-order chi connectivity index (χ1) is 20.9. The topological polar surface area (TPSA) is 119 Å². The van der Waals surface area contributed by atoms with Gasteiger partial charge in [0.1, 0.15) is 34.3 Å². The summed E-state index contributed by atoms with van der Waals surface area (Å²) in [5.41, 5.74) is 2.76. The van der Waals surface area contributed by atoms with Crippen molar-refractivity contribution in [1.29, 1.82) is 0 Å². The molecule has 2 aromatic heterocycles. The van der Waals surface area contributed by atoms with Crippen molar-refractivity contribution in [3.63, 3.8) is 0 Å². The molecule has 232 valence electrons. The van der Waals surface area contributed by atoms with Gasteiger partial charge in [0.2, 0.25) is 0 Å². The number of carbonyl (C=O) groups is 2. The predicted octanol–water partition coefficient (Wildman–Crippen LogP) is 6.17. The van der Waals surface area contributed by atoms with E-state index < -0.39 is 29.3 Å². The highest BCUT2D eigenvalue weighted by atomic mass is 19.1. The fourth-order valence-electron chi connectivity index (χ4n) is 5.46. The number of alkyl carbamates (subject to hydrolysis) is 1. The Morgan fingerprint density at radius 3 is 2.39 bits per heavy atom. The van der Waals surface area contributed by atoms with Crippen LogP contribution in [-0.4, -0.2) is 66.0 Å². The second-order valence-electron chi connectivity index (χ2n) is 11.8. The summed E-state index contributed by atoms with van der Waals surface area (Å²) in [6.07, 6.45) is 2.16. The third-order valence-corrected chi connectivity index (χ3v) is 7.29. The molecular weight excluding hydrogens is 572 g/mol. The average Bonchev–Trinajstić information content (AvgIpc) is 3.38. The number of halogens is 2. The zero-order valence-electron chi connectivity index (χ0n) is 25.5. The van der Waals surface area contributed by atoms with E-state index in [1.165, 1.54) is 44.7 Å². The molecule has 0 aliphatic carbocycles. The van der Waals surface area contributed by atoms with E-state index in [0.717, 1.165) is 0 Å². The molecule has 1 aliphatic heterocycles. The van der Waals surface area contributed by atoms with Crippen molar-refractivity contribution in [1.82, 2.24) is 20.3 Å². The number of hydrogen-bond acceptors (Lipinski definition) is 8. The molecule has 1 aliphatic rings. The monoisotopic (exact) mass is 607 g/mol. The van der Waals surface area contributed by atoms with Crippen molar-refractivity contribution in [2.45, 2.75) is 52.2 Å². The number of fused-ring (bicyclic) bond motifs is 1. The maximum absolute atomic E-state index is 14.7. The van der Waals surface area contributed by atoms with Gasteiger partial charge in [0.15, 0.2) is 5.69 Å². The van der Waals surface area contributed by atoms with Gasteiger partial charge in [-0.15, -0.1) is 0 Å². The van der Waals surface area contributed by atoms with E-state index in [0.29, 0.717) is 64.9 Å². The summed E-state index contributed by atoms with van der Waals surface area (Å²) < 4.78 is 45.0. The van der Waals surface area contributed by atoms with Gasteiger partial charge in [-0.25, -0.2) is 28.3 Å². The number of carbonyl (C=O) groups excluding carboxylic acids is 2. The summed E-state index contributed by atoms with van der Waals surface area (Å²) in [6, 6.07) is 7.02. The van der Waals surface area contributed by atoms with Crippen LogP contribution in [0.2, 0.25) is 0 Å². The number of rotatable bonds is 6. The first-order valence-electron chi connectivity index (χ1n) is 14.2. The van der Waals surface area contributed by atoms with Gasteiger partial charge in [0, 0.05) is 37.0 Å². The van der Waals surface area contributed by atoms with E-state index in [4.69, 9.17) is 19.2 Å². The van der Waals surface area contributed by atoms with Gasteiger partial charge in [-0.1, -0.05) is 6.07 Å². The zero-order chi connectivity index (χ0) is 31.8. The number of H-pyrrole nitrogens is 1. The number of nitrogens with zero attached hydrogens (tertiary/aromatic N) is 3. The summed E-state index contributed by atoms with van der Waals surface area (Å²) in [6.45, 7) is 8.14. The Hall–Kier alpha value is -4.74. The maximum atomic E-state index is 14.7. The quantitative estimate of drug-likeness (QED) is 0.250. The average molecular weight is 608 g/mol. The largest absolute Gasteiger partial charge is 0.494 e. The summed E-state index contributed by atoms with van der Waals surface area (Å²) in [4.78, 5) is 39.9. The van der Waals surface area contributed by atoms with Gasteiger partial charge in [-0.2, -0.15) is 0 Å². The normalized spacial score (nSPS) is 14.0. The van der Waals surface area contributed by atoms with Crippen LogP contribution in [0, 0.1) is 18.6 Å². The first kappa shape index (κ1) is 30.7. The molecule has 0 saturated carbocycles. The van der Waals surface area contributed by atoms with E-state index in [1.807, 2.05) is 6.07 Å². The number of ether oxygens (including phenoxy) is 3. The molecular formula is C32H35F2N5O5. The lowest BCUT2D eigenvalue weighted by Crippen LogP contribution is -2.46. The molecule has 1 saturated heterocycles. The molecule has 44 heavy (non-hydrogen) atoms. The smallest absolute Gasteiger partial charge is 0.407 e. The number of nitrogens with one attached hydrogen (secondary N) is 2. The predicted molar refractivity (Wildman–Crippen MR) is 162 cm³/mol. The summed E-state index contributed by atoms with van der Waals surface area (Å²) in [7, 11) is 2.67. The van der Waals surface area contributed by atoms with Gasteiger partial charge in [-0.05, 0) is 69.9 Å². The second kappa shape index (κ2) is 12.1. The highest BCUT2D eigenvalue weighted by Crippen LogP contribution is 2.43. The van der Waals surface area contributed by atoms with E-state index in [-0.39, 0.29) is 23.3 Å². The van der Waals surface area contributed by atoms with E-state index in [9.17, 15) is 18.4 Å². The van der Waals surface area contributed by atoms with Crippen molar-refractivity contribution in [3.05, 3.63) is 59.4 Å². The van der Waals surface area contributed by atoms with Gasteiger partial charge >= 0.3 is 12.1 Å². The van der Waals surface area contributed by atoms with Crippen LogP contribution in [-0.2, 0) is 9.47 Å². The number of esters is 1. The Kier molecular flexibility index (Phi) is 8.44. The lowest BCUT2D eigenvalue weighted by atomic mass is 9.95. The van der Waals surface area contributed by atoms with Crippen LogP contribution in [0.25, 0.3) is 33.5 Å². The van der Waals surface area contributed by atoms with Gasteiger partial charge in [0.25, 0.3) is 0 Å². The molecule has 1 fully saturated rings. The number of aryl methyl sites for hydroxylation is 1. The minimum Gasteiger partial charge on any atom is -0.494 e. The highest BCUT2D eigenvalue weighted by Gasteiger charge is 2.31. The van der Waals surface area contributed by atoms with Crippen LogP contribution < -0.4 is 15.0 Å². The first-order valence-corrected chi connectivity index (χ1v) is 14.2. The second-order valence-corrected chi connectivity index (χ2v) is 11.8. The zero-order valence-corrected chi connectivity index (χ0v) is 25.5. The minimum absolute atomic E-state index is 0.0214. The number of imidazole rings is 1. The number of benzene rings is 2. The van der Waals surface area contributed by atoms with Crippen LogP contribution in [0.3, 0.4) is 0 Å². The Balaban J connectivity index is 1.66. The van der Waals surface area contributed by atoms with Gasteiger partial charge < -0.3 is 29.4 Å². The van der Waals surface area contributed by atoms with Gasteiger partial charge in [0.05, 0.1) is 31.0 Å². The molecule has 0 atom stereocenters. The van der Waals surface area contributed by atoms with E-state index in [1.54, 1.807) is 27.7 Å². The molecule has 10 nitrogen and oxygen atoms in total. The number of amides is 1. The molecule has 0 bridgehead atoms. The highest BCUT2D eigenvalue weighted by molar-refractivity contribution is 6.03. The number of methoxy groups -OCH3 is 2. The van der Waals surface area contributed by atoms with Crippen LogP contribution in [0.4, 0.5) is 19.3 Å². The maximum Gasteiger partial charge on any atom is 0.407 e. The Morgan fingerprint density at radius 2 is 1.75 bits per heavy atom. The van der Waals surface area contributed by atoms with Crippen molar-refractivity contribution in [3.8, 4) is 28.3 Å². The lowest BCUT2D eigenvalue weighted by Gasteiger charge is -2.36. The third kappa shape index (κ3) is 6.43. The number of piperidine rings is 1. The van der Waals surface area contributed by atoms with Crippen LogP contribution >= 0.6 is 0 Å². The molecule has 1 amide bonds. The van der Waals surface area contributed by atoms with Crippen LogP contribution in [0.5, 0.6) is 5.75 Å². The van der Waals surface area contributed by atoms with Crippen LogP contribution in [0.1, 0.15) is 49.7 Å². The van der Waals surface area contributed by atoms with Crippen LogP contribution in [0.15, 0.2) is 36.5 Å². The fourth-order valence-corrected chi connectivity index (χ4v) is 5.46. The number of hydrogen-bond donors (Lipinski definition) is 2. The summed E-state index contributed by atoms with van der Waals surface area (Å²) in [5.74, 6) is -1.21. The van der Waals surface area contributed by atoms with Crippen molar-refractivity contribution in [2.24, 2.45) is 0 Å². The Bertz CT molecular complexity index is 1700. The molecule has 2 N–H and O–H groups in total. The third-order valence-electron chi connectivity index (χ3n) is 7.29. The number of anilines is 1. The molecule has 5 rings (SSSR count). The SMILES string of the molecule is COC(=O)c1ncc(-c2cc(C)cc(F)c2)c(N2CCC(NC(=O)OC(C)(C)C)CC2)c1-c1nc2c(OC)cc(F)cc2[nH]1. The molecule has 3 heterocycles. The van der Waals surface area contributed by atoms with Gasteiger partial charge in [-0.3, -0.25) is 0 Å². The van der Waals surface area contributed by atoms with E-state index >= 15 is 0 Å². The summed E-state index contributed by atoms with van der Waals surface area (Å²) in [5, 5.41) is 2.94. The minimum atomic E-state index is -0.705. The van der Waals surface area contributed by atoms with Crippen molar-refractivity contribution < 1.29 is 32.6 Å².